The molecule has 3 rings (SSSR count). The summed E-state index contributed by atoms with van der Waals surface area (Å²) in [6, 6.07) is 16.8. The zero-order valence-corrected chi connectivity index (χ0v) is 17.2. The molecule has 31 heavy (non-hydrogen) atoms. The number of carbonyl (C=O) groups excluding carboxylic acids is 3. The van der Waals surface area contributed by atoms with Crippen LogP contribution in [-0.2, 0) is 4.79 Å². The molecular formula is C23H22N4O4. The highest BCUT2D eigenvalue weighted by Gasteiger charge is 2.16. The zero-order chi connectivity index (χ0) is 22.2. The first-order valence-electron chi connectivity index (χ1n) is 9.47. The Morgan fingerprint density at radius 2 is 1.65 bits per heavy atom. The topological polar surface area (TPSA) is 101 Å². The number of benzene rings is 2. The lowest BCUT2D eigenvalue weighted by atomic mass is 10.1. The summed E-state index contributed by atoms with van der Waals surface area (Å²) in [7, 11) is 3.08. The predicted octanol–water partition coefficient (Wildman–Crippen LogP) is 3.05. The molecule has 0 bridgehead atoms. The maximum Gasteiger partial charge on any atom is 0.257 e. The summed E-state index contributed by atoms with van der Waals surface area (Å²) in [5.74, 6) is -0.403. The van der Waals surface area contributed by atoms with Gasteiger partial charge in [-0.2, -0.15) is 0 Å². The van der Waals surface area contributed by atoms with E-state index in [0.29, 0.717) is 28.3 Å². The van der Waals surface area contributed by atoms with Crippen molar-refractivity contribution >= 4 is 29.1 Å². The molecule has 2 N–H and O–H groups in total. The summed E-state index contributed by atoms with van der Waals surface area (Å²) < 4.78 is 5.13. The number of nitrogens with one attached hydrogen (secondary N) is 2. The Labute approximate surface area is 179 Å². The lowest BCUT2D eigenvalue weighted by Crippen LogP contribution is -2.35. The fourth-order valence-corrected chi connectivity index (χ4v) is 2.84. The number of anilines is 2. The summed E-state index contributed by atoms with van der Waals surface area (Å²) in [6.45, 7) is -0.137. The number of pyridine rings is 1. The van der Waals surface area contributed by atoms with E-state index in [2.05, 4.69) is 15.6 Å². The van der Waals surface area contributed by atoms with Gasteiger partial charge < -0.3 is 20.3 Å². The Morgan fingerprint density at radius 3 is 2.35 bits per heavy atom. The van der Waals surface area contributed by atoms with Crippen LogP contribution in [0.25, 0.3) is 0 Å². The molecule has 0 spiro atoms. The Morgan fingerprint density at radius 1 is 0.935 bits per heavy atom. The van der Waals surface area contributed by atoms with Crippen molar-refractivity contribution in [3.8, 4) is 5.75 Å². The molecule has 0 aliphatic rings. The van der Waals surface area contributed by atoms with E-state index in [0.717, 1.165) is 0 Å². The summed E-state index contributed by atoms with van der Waals surface area (Å²) in [6.07, 6.45) is 3.04. The SMILES string of the molecule is COc1cccc(NC(=O)CN(C)C(=O)c2cccc(NC(=O)c3cccnc3)c2)c1. The fraction of sp³-hybridized carbons (Fsp3) is 0.130. The van der Waals surface area contributed by atoms with Crippen molar-refractivity contribution in [1.82, 2.24) is 9.88 Å². The van der Waals surface area contributed by atoms with Gasteiger partial charge in [0, 0.05) is 42.4 Å². The number of hydrogen-bond donors (Lipinski definition) is 2. The molecule has 8 heteroatoms. The standard InChI is InChI=1S/C23H22N4O4/c1-27(15-21(28)25-19-9-4-10-20(13-19)31-2)23(30)16-6-3-8-18(12-16)26-22(29)17-7-5-11-24-14-17/h3-14H,15H2,1-2H3,(H,25,28)(H,26,29). The molecule has 1 heterocycles. The number of nitrogens with zero attached hydrogens (tertiary/aromatic N) is 2. The highest BCUT2D eigenvalue weighted by atomic mass is 16.5. The van der Waals surface area contributed by atoms with Crippen molar-refractivity contribution in [3.05, 3.63) is 84.2 Å². The number of ether oxygens (including phenoxy) is 1. The third-order valence-electron chi connectivity index (χ3n) is 4.37. The Bertz CT molecular complexity index is 1090. The van der Waals surface area contributed by atoms with Gasteiger partial charge in [0.05, 0.1) is 19.2 Å². The molecule has 1 aromatic heterocycles. The van der Waals surface area contributed by atoms with Crippen LogP contribution in [0.4, 0.5) is 11.4 Å². The van der Waals surface area contributed by atoms with Crippen molar-refractivity contribution in [1.29, 1.82) is 0 Å². The molecule has 0 aliphatic carbocycles. The van der Waals surface area contributed by atoms with E-state index in [4.69, 9.17) is 4.74 Å². The minimum Gasteiger partial charge on any atom is -0.497 e. The summed E-state index contributed by atoms with van der Waals surface area (Å²) >= 11 is 0. The van der Waals surface area contributed by atoms with E-state index < -0.39 is 0 Å². The number of amides is 3. The second kappa shape index (κ2) is 10.0. The highest BCUT2D eigenvalue weighted by molar-refractivity contribution is 6.05. The maximum absolute atomic E-state index is 12.7. The predicted molar refractivity (Wildman–Crippen MR) is 117 cm³/mol. The van der Waals surface area contributed by atoms with Gasteiger partial charge in [-0.1, -0.05) is 12.1 Å². The minimum atomic E-state index is -0.349. The van der Waals surface area contributed by atoms with Crippen molar-refractivity contribution in [3.63, 3.8) is 0 Å². The lowest BCUT2D eigenvalue weighted by molar-refractivity contribution is -0.116. The molecule has 2 aromatic carbocycles. The highest BCUT2D eigenvalue weighted by Crippen LogP contribution is 2.17. The van der Waals surface area contributed by atoms with Gasteiger partial charge in [0.25, 0.3) is 11.8 Å². The van der Waals surface area contributed by atoms with Crippen LogP contribution >= 0.6 is 0 Å². The largest absolute Gasteiger partial charge is 0.497 e. The van der Waals surface area contributed by atoms with Crippen LogP contribution in [0.15, 0.2) is 73.1 Å². The van der Waals surface area contributed by atoms with E-state index in [1.807, 2.05) is 0 Å². The molecule has 3 amide bonds. The van der Waals surface area contributed by atoms with E-state index in [-0.39, 0.29) is 24.3 Å². The number of methoxy groups -OCH3 is 1. The van der Waals surface area contributed by atoms with Gasteiger partial charge in [-0.3, -0.25) is 19.4 Å². The van der Waals surface area contributed by atoms with E-state index in [1.165, 1.54) is 18.1 Å². The molecule has 0 atom stereocenters. The molecule has 0 saturated carbocycles. The van der Waals surface area contributed by atoms with Crippen LogP contribution in [0.1, 0.15) is 20.7 Å². The summed E-state index contributed by atoms with van der Waals surface area (Å²) in [5.41, 5.74) is 1.80. The number of aromatic nitrogens is 1. The molecule has 3 aromatic rings. The van der Waals surface area contributed by atoms with Gasteiger partial charge >= 0.3 is 0 Å². The first kappa shape index (κ1) is 21.5. The Hall–Kier alpha value is -4.20. The number of hydrogen-bond acceptors (Lipinski definition) is 5. The monoisotopic (exact) mass is 418 g/mol. The van der Waals surface area contributed by atoms with Crippen LogP contribution in [0.3, 0.4) is 0 Å². The van der Waals surface area contributed by atoms with Gasteiger partial charge in [-0.05, 0) is 42.5 Å². The molecule has 0 saturated heterocycles. The minimum absolute atomic E-state index is 0.137. The molecule has 0 aliphatic heterocycles. The van der Waals surface area contributed by atoms with Crippen LogP contribution in [0, 0.1) is 0 Å². The van der Waals surface area contributed by atoms with Crippen LogP contribution in [0.2, 0.25) is 0 Å². The molecule has 0 fully saturated rings. The third kappa shape index (κ3) is 5.89. The first-order chi connectivity index (χ1) is 15.0. The fourth-order valence-electron chi connectivity index (χ4n) is 2.84. The summed E-state index contributed by atoms with van der Waals surface area (Å²) in [5, 5.41) is 5.47. The second-order valence-electron chi connectivity index (χ2n) is 6.72. The number of carbonyl (C=O) groups is 3. The average Bonchev–Trinajstić information content (AvgIpc) is 2.79. The van der Waals surface area contributed by atoms with Crippen molar-refractivity contribution in [2.45, 2.75) is 0 Å². The number of likely N-dealkylation sites (N-methyl/N-ethyl adjacent to an activating group) is 1. The Kier molecular flexibility index (Phi) is 6.95. The lowest BCUT2D eigenvalue weighted by Gasteiger charge is -2.17. The molecular weight excluding hydrogens is 396 g/mol. The van der Waals surface area contributed by atoms with Crippen molar-refractivity contribution in [2.24, 2.45) is 0 Å². The molecule has 158 valence electrons. The van der Waals surface area contributed by atoms with Crippen LogP contribution in [0.5, 0.6) is 5.75 Å². The molecule has 8 nitrogen and oxygen atoms in total. The van der Waals surface area contributed by atoms with Gasteiger partial charge in [-0.25, -0.2) is 0 Å². The van der Waals surface area contributed by atoms with Crippen LogP contribution in [-0.4, -0.2) is 48.3 Å². The van der Waals surface area contributed by atoms with Gasteiger partial charge in [-0.15, -0.1) is 0 Å². The number of rotatable bonds is 7. The van der Waals surface area contributed by atoms with Gasteiger partial charge in [0.2, 0.25) is 5.91 Å². The van der Waals surface area contributed by atoms with Crippen molar-refractivity contribution < 1.29 is 19.1 Å². The Balaban J connectivity index is 1.61. The molecule has 0 radical (unpaired) electrons. The first-order valence-corrected chi connectivity index (χ1v) is 9.47. The maximum atomic E-state index is 12.7. The van der Waals surface area contributed by atoms with E-state index in [9.17, 15) is 14.4 Å². The third-order valence-corrected chi connectivity index (χ3v) is 4.37. The van der Waals surface area contributed by atoms with E-state index >= 15 is 0 Å². The summed E-state index contributed by atoms with van der Waals surface area (Å²) in [4.78, 5) is 42.6. The van der Waals surface area contributed by atoms with Crippen molar-refractivity contribution in [2.75, 3.05) is 31.3 Å². The normalized spacial score (nSPS) is 10.1. The average molecular weight is 418 g/mol. The quantitative estimate of drug-likeness (QED) is 0.614. The zero-order valence-electron chi connectivity index (χ0n) is 17.2. The van der Waals surface area contributed by atoms with Gasteiger partial charge in [0.1, 0.15) is 5.75 Å². The van der Waals surface area contributed by atoms with E-state index in [1.54, 1.807) is 74.0 Å². The second-order valence-corrected chi connectivity index (χ2v) is 6.72. The molecule has 0 unspecified atom stereocenters. The smallest absolute Gasteiger partial charge is 0.257 e. The van der Waals surface area contributed by atoms with Gasteiger partial charge in [0.15, 0.2) is 0 Å². The van der Waals surface area contributed by atoms with Crippen LogP contribution < -0.4 is 15.4 Å².